The molecule has 0 aromatic heterocycles. The summed E-state index contributed by atoms with van der Waals surface area (Å²) in [6, 6.07) is 0. The summed E-state index contributed by atoms with van der Waals surface area (Å²) in [5, 5.41) is 0. The van der Waals surface area contributed by atoms with Gasteiger partial charge in [0, 0.05) is 6.08 Å². The molecule has 0 saturated heterocycles. The van der Waals surface area contributed by atoms with Crippen molar-refractivity contribution in [1.29, 1.82) is 0 Å². The molecule has 0 aliphatic carbocycles. The molecule has 104 valence electrons. The molecule has 4 nitrogen and oxygen atoms in total. The van der Waals surface area contributed by atoms with Crippen LogP contribution in [0.3, 0.4) is 0 Å². The van der Waals surface area contributed by atoms with Gasteiger partial charge in [-0.25, -0.2) is 4.79 Å². The lowest BCUT2D eigenvalue weighted by Crippen LogP contribution is -2.45. The SMILES string of the molecule is CC(C)OC(=O)[C@]1(C#C[Si](C)(C)C)CC(=O)C=CO1. The lowest BCUT2D eigenvalue weighted by atomic mass is 9.96. The second kappa shape index (κ2) is 5.62. The van der Waals surface area contributed by atoms with Gasteiger partial charge in [-0.15, -0.1) is 5.54 Å². The van der Waals surface area contributed by atoms with Gasteiger partial charge in [0.15, 0.2) is 5.78 Å². The third kappa shape index (κ3) is 4.56. The summed E-state index contributed by atoms with van der Waals surface area (Å²) in [5.74, 6) is 2.08. The van der Waals surface area contributed by atoms with Crippen LogP contribution in [0.5, 0.6) is 0 Å². The van der Waals surface area contributed by atoms with Crippen LogP contribution in [0.1, 0.15) is 20.3 Å². The highest BCUT2D eigenvalue weighted by Gasteiger charge is 2.44. The van der Waals surface area contributed by atoms with Crippen LogP contribution in [0.25, 0.3) is 0 Å². The summed E-state index contributed by atoms with van der Waals surface area (Å²) < 4.78 is 10.5. The molecule has 5 heteroatoms. The Labute approximate surface area is 115 Å². The fourth-order valence-electron chi connectivity index (χ4n) is 1.41. The molecule has 0 saturated carbocycles. The Bertz CT molecular complexity index is 462. The number of esters is 1. The second-order valence-corrected chi connectivity index (χ2v) is 10.6. The molecular formula is C14H20O4Si. The van der Waals surface area contributed by atoms with Crippen molar-refractivity contribution < 1.29 is 19.1 Å². The Balaban J connectivity index is 3.10. The normalized spacial score (nSPS) is 22.5. The van der Waals surface area contributed by atoms with Gasteiger partial charge in [0.05, 0.1) is 18.8 Å². The maximum atomic E-state index is 12.2. The molecule has 19 heavy (non-hydrogen) atoms. The Morgan fingerprint density at radius 2 is 2.11 bits per heavy atom. The molecule has 0 spiro atoms. The van der Waals surface area contributed by atoms with Crippen molar-refractivity contribution >= 4 is 19.8 Å². The number of carbonyl (C=O) groups excluding carboxylic acids is 2. The van der Waals surface area contributed by atoms with E-state index in [0.717, 1.165) is 0 Å². The quantitative estimate of drug-likeness (QED) is 0.441. The minimum atomic E-state index is -1.68. The Morgan fingerprint density at radius 3 is 2.58 bits per heavy atom. The number of ether oxygens (including phenoxy) is 2. The van der Waals surface area contributed by atoms with Crippen LogP contribution >= 0.6 is 0 Å². The second-order valence-electron chi connectivity index (χ2n) is 5.84. The first-order valence-electron chi connectivity index (χ1n) is 6.27. The Kier molecular flexibility index (Phi) is 4.59. The van der Waals surface area contributed by atoms with Gasteiger partial charge < -0.3 is 9.47 Å². The van der Waals surface area contributed by atoms with Gasteiger partial charge in [0.25, 0.3) is 5.60 Å². The van der Waals surface area contributed by atoms with Crippen LogP contribution in [0.4, 0.5) is 0 Å². The van der Waals surface area contributed by atoms with Crippen LogP contribution < -0.4 is 0 Å². The fraction of sp³-hybridized carbons (Fsp3) is 0.571. The zero-order valence-electron chi connectivity index (χ0n) is 12.1. The molecule has 1 aliphatic rings. The molecule has 0 N–H and O–H groups in total. The third-order valence-electron chi connectivity index (χ3n) is 2.26. The van der Waals surface area contributed by atoms with E-state index in [2.05, 4.69) is 31.1 Å². The molecular weight excluding hydrogens is 260 g/mol. The summed E-state index contributed by atoms with van der Waals surface area (Å²) >= 11 is 0. The fourth-order valence-corrected chi connectivity index (χ4v) is 1.99. The predicted octanol–water partition coefficient (Wildman–Crippen LogP) is 2.06. The summed E-state index contributed by atoms with van der Waals surface area (Å²) in [4.78, 5) is 23.7. The van der Waals surface area contributed by atoms with Gasteiger partial charge in [-0.05, 0) is 13.8 Å². The van der Waals surface area contributed by atoms with Crippen molar-refractivity contribution in [3.8, 4) is 11.5 Å². The van der Waals surface area contributed by atoms with Crippen molar-refractivity contribution in [2.45, 2.75) is 51.6 Å². The van der Waals surface area contributed by atoms with Gasteiger partial charge in [-0.2, -0.15) is 0 Å². The highest BCUT2D eigenvalue weighted by molar-refractivity contribution is 6.83. The zero-order chi connectivity index (χ0) is 14.7. The van der Waals surface area contributed by atoms with Gasteiger partial charge in [-0.3, -0.25) is 4.79 Å². The first kappa shape index (κ1) is 15.5. The van der Waals surface area contributed by atoms with Crippen LogP contribution in [-0.2, 0) is 19.1 Å². The van der Waals surface area contributed by atoms with Crippen LogP contribution in [0.15, 0.2) is 12.3 Å². The minimum absolute atomic E-state index is 0.0907. The first-order valence-corrected chi connectivity index (χ1v) is 9.77. The van der Waals surface area contributed by atoms with Crippen molar-refractivity contribution in [1.82, 2.24) is 0 Å². The smallest absolute Gasteiger partial charge is 0.364 e. The number of ketones is 1. The van der Waals surface area contributed by atoms with Gasteiger partial charge in [-0.1, -0.05) is 25.6 Å². The van der Waals surface area contributed by atoms with E-state index >= 15 is 0 Å². The lowest BCUT2D eigenvalue weighted by Gasteiger charge is -2.28. The number of allylic oxidation sites excluding steroid dienone is 1. The molecule has 0 fully saturated rings. The van der Waals surface area contributed by atoms with Gasteiger partial charge in [0.1, 0.15) is 8.07 Å². The van der Waals surface area contributed by atoms with Crippen LogP contribution in [-0.4, -0.2) is 31.5 Å². The van der Waals surface area contributed by atoms with Crippen LogP contribution in [0.2, 0.25) is 19.6 Å². The molecule has 1 aliphatic heterocycles. The number of carbonyl (C=O) groups is 2. The van der Waals surface area contributed by atoms with Gasteiger partial charge >= 0.3 is 5.97 Å². The molecule has 0 radical (unpaired) electrons. The Hall–Kier alpha value is -1.54. The highest BCUT2D eigenvalue weighted by Crippen LogP contribution is 2.24. The monoisotopic (exact) mass is 280 g/mol. The summed E-state index contributed by atoms with van der Waals surface area (Å²) in [7, 11) is -1.68. The number of hydrogen-bond acceptors (Lipinski definition) is 4. The van der Waals surface area contributed by atoms with E-state index in [4.69, 9.17) is 9.47 Å². The molecule has 1 atom stereocenters. The molecule has 0 bridgehead atoms. The maximum Gasteiger partial charge on any atom is 0.364 e. The molecule has 1 heterocycles. The lowest BCUT2D eigenvalue weighted by molar-refractivity contribution is -0.166. The zero-order valence-corrected chi connectivity index (χ0v) is 13.1. The van der Waals surface area contributed by atoms with Gasteiger partial charge in [0.2, 0.25) is 0 Å². The standard InChI is InChI=1S/C14H20O4Si/c1-11(2)18-13(16)14(7-9-19(3,4)5)10-12(15)6-8-17-14/h6,8,11H,10H2,1-5H3/t14-/m0/s1. The highest BCUT2D eigenvalue weighted by atomic mass is 28.3. The van der Waals surface area contributed by atoms with Crippen molar-refractivity contribution in [2.24, 2.45) is 0 Å². The van der Waals surface area contributed by atoms with E-state index in [-0.39, 0.29) is 18.3 Å². The maximum absolute atomic E-state index is 12.2. The Morgan fingerprint density at radius 1 is 1.47 bits per heavy atom. The molecule has 0 aromatic rings. The first-order chi connectivity index (χ1) is 8.65. The topological polar surface area (TPSA) is 52.6 Å². The third-order valence-corrected chi connectivity index (χ3v) is 3.13. The summed E-state index contributed by atoms with van der Waals surface area (Å²) in [6.07, 6.45) is 2.17. The van der Waals surface area contributed by atoms with E-state index < -0.39 is 19.6 Å². The molecule has 0 amide bonds. The van der Waals surface area contributed by atoms with E-state index in [1.165, 1.54) is 12.3 Å². The number of hydrogen-bond donors (Lipinski definition) is 0. The minimum Gasteiger partial charge on any atom is -0.470 e. The number of rotatable bonds is 2. The van der Waals surface area contributed by atoms with E-state index in [0.29, 0.717) is 0 Å². The average molecular weight is 280 g/mol. The van der Waals surface area contributed by atoms with E-state index in [1.54, 1.807) is 13.8 Å². The van der Waals surface area contributed by atoms with E-state index in [1.807, 2.05) is 0 Å². The van der Waals surface area contributed by atoms with Crippen LogP contribution in [0, 0.1) is 11.5 Å². The molecule has 1 rings (SSSR count). The average Bonchev–Trinajstić information content (AvgIpc) is 2.24. The van der Waals surface area contributed by atoms with Crippen molar-refractivity contribution in [3.63, 3.8) is 0 Å². The molecule has 0 aromatic carbocycles. The molecule has 0 unspecified atom stereocenters. The van der Waals surface area contributed by atoms with Crippen molar-refractivity contribution in [2.75, 3.05) is 0 Å². The summed E-state index contributed by atoms with van der Waals surface area (Å²) in [6.45, 7) is 9.67. The largest absolute Gasteiger partial charge is 0.470 e. The van der Waals surface area contributed by atoms with Crippen molar-refractivity contribution in [3.05, 3.63) is 12.3 Å². The summed E-state index contributed by atoms with van der Waals surface area (Å²) in [5.41, 5.74) is 1.61. The van der Waals surface area contributed by atoms with E-state index in [9.17, 15) is 9.59 Å². The predicted molar refractivity (Wildman–Crippen MR) is 74.9 cm³/mol.